The van der Waals surface area contributed by atoms with Crippen molar-refractivity contribution in [3.63, 3.8) is 0 Å². The van der Waals surface area contributed by atoms with Crippen molar-refractivity contribution in [2.45, 2.75) is 13.5 Å². The first-order chi connectivity index (χ1) is 8.16. The summed E-state index contributed by atoms with van der Waals surface area (Å²) in [4.78, 5) is 6.43. The smallest absolute Gasteiger partial charge is 0.0951 e. The van der Waals surface area contributed by atoms with Crippen LogP contribution in [-0.2, 0) is 6.54 Å². The van der Waals surface area contributed by atoms with Crippen molar-refractivity contribution in [3.8, 4) is 11.3 Å². The van der Waals surface area contributed by atoms with Crippen LogP contribution in [0.15, 0.2) is 36.8 Å². The molecule has 0 spiro atoms. The molecule has 0 unspecified atom stereocenters. The fourth-order valence-corrected chi connectivity index (χ4v) is 1.85. The third-order valence-electron chi connectivity index (χ3n) is 2.81. The maximum atomic E-state index is 4.25. The molecule has 0 bridgehead atoms. The van der Waals surface area contributed by atoms with Gasteiger partial charge in [0, 0.05) is 18.7 Å². The molecule has 0 radical (unpaired) electrons. The number of nitrogens with zero attached hydrogens (tertiary/aromatic N) is 3. The first-order valence-corrected chi connectivity index (χ1v) is 5.89. The molecule has 2 rings (SSSR count). The molecule has 90 valence electrons. The van der Waals surface area contributed by atoms with Crippen LogP contribution in [0.4, 0.5) is 0 Å². The van der Waals surface area contributed by atoms with E-state index in [1.807, 2.05) is 12.5 Å². The van der Waals surface area contributed by atoms with Crippen molar-refractivity contribution in [1.82, 2.24) is 14.5 Å². The molecular weight excluding hydrogens is 210 g/mol. The summed E-state index contributed by atoms with van der Waals surface area (Å²) in [6, 6.07) is 8.54. The molecule has 0 atom stereocenters. The van der Waals surface area contributed by atoms with Gasteiger partial charge in [0.1, 0.15) is 0 Å². The van der Waals surface area contributed by atoms with E-state index in [-0.39, 0.29) is 0 Å². The SMILES string of the molecule is Cc1cccc(-c2cncn2CCN(C)C)c1. The number of aromatic nitrogens is 2. The molecular formula is C14H19N3. The van der Waals surface area contributed by atoms with Crippen LogP contribution in [0.2, 0.25) is 0 Å². The van der Waals surface area contributed by atoms with Crippen LogP contribution >= 0.6 is 0 Å². The number of hydrogen-bond acceptors (Lipinski definition) is 2. The van der Waals surface area contributed by atoms with E-state index in [9.17, 15) is 0 Å². The molecule has 0 aliphatic carbocycles. The van der Waals surface area contributed by atoms with Gasteiger partial charge in [-0.25, -0.2) is 4.98 Å². The molecule has 17 heavy (non-hydrogen) atoms. The second-order valence-corrected chi connectivity index (χ2v) is 4.65. The second kappa shape index (κ2) is 5.15. The van der Waals surface area contributed by atoms with Crippen LogP contribution in [0.1, 0.15) is 5.56 Å². The van der Waals surface area contributed by atoms with Gasteiger partial charge < -0.3 is 9.47 Å². The molecule has 3 heteroatoms. The summed E-state index contributed by atoms with van der Waals surface area (Å²) >= 11 is 0. The Hall–Kier alpha value is -1.61. The molecule has 3 nitrogen and oxygen atoms in total. The van der Waals surface area contributed by atoms with Crippen LogP contribution in [0.25, 0.3) is 11.3 Å². The van der Waals surface area contributed by atoms with Crippen LogP contribution in [-0.4, -0.2) is 35.1 Å². The average molecular weight is 229 g/mol. The molecule has 0 aliphatic heterocycles. The normalized spacial score (nSPS) is 11.1. The summed E-state index contributed by atoms with van der Waals surface area (Å²) in [5.41, 5.74) is 3.71. The summed E-state index contributed by atoms with van der Waals surface area (Å²) in [5.74, 6) is 0. The van der Waals surface area contributed by atoms with Crippen LogP contribution < -0.4 is 0 Å². The van der Waals surface area contributed by atoms with Gasteiger partial charge in [0.25, 0.3) is 0 Å². The minimum absolute atomic E-state index is 0.969. The topological polar surface area (TPSA) is 21.1 Å². The van der Waals surface area contributed by atoms with Crippen molar-refractivity contribution >= 4 is 0 Å². The summed E-state index contributed by atoms with van der Waals surface area (Å²) in [6.07, 6.45) is 3.84. The molecule has 2 aromatic rings. The fourth-order valence-electron chi connectivity index (χ4n) is 1.85. The quantitative estimate of drug-likeness (QED) is 0.803. The number of likely N-dealkylation sites (N-methyl/N-ethyl adjacent to an activating group) is 1. The number of imidazole rings is 1. The van der Waals surface area contributed by atoms with Crippen LogP contribution in [0, 0.1) is 6.92 Å². The van der Waals surface area contributed by atoms with Gasteiger partial charge in [-0.3, -0.25) is 0 Å². The first kappa shape index (κ1) is 11.9. The van der Waals surface area contributed by atoms with E-state index < -0.39 is 0 Å². The van der Waals surface area contributed by atoms with Gasteiger partial charge >= 0.3 is 0 Å². The van der Waals surface area contributed by atoms with Gasteiger partial charge in [0.2, 0.25) is 0 Å². The zero-order chi connectivity index (χ0) is 12.3. The lowest BCUT2D eigenvalue weighted by Crippen LogP contribution is -2.18. The Morgan fingerprint density at radius 1 is 1.29 bits per heavy atom. The lowest BCUT2D eigenvalue weighted by Gasteiger charge is -2.12. The molecule has 1 heterocycles. The van der Waals surface area contributed by atoms with Gasteiger partial charge in [-0.05, 0) is 27.1 Å². The molecule has 0 saturated heterocycles. The Morgan fingerprint density at radius 2 is 2.12 bits per heavy atom. The zero-order valence-electron chi connectivity index (χ0n) is 10.7. The number of rotatable bonds is 4. The van der Waals surface area contributed by atoms with Crippen molar-refractivity contribution in [2.75, 3.05) is 20.6 Å². The van der Waals surface area contributed by atoms with E-state index in [1.54, 1.807) is 0 Å². The summed E-state index contributed by atoms with van der Waals surface area (Å²) < 4.78 is 2.20. The van der Waals surface area contributed by atoms with E-state index in [0.29, 0.717) is 0 Å². The molecule has 0 amide bonds. The minimum Gasteiger partial charge on any atom is -0.329 e. The highest BCUT2D eigenvalue weighted by molar-refractivity contribution is 5.59. The molecule has 0 N–H and O–H groups in total. The predicted octanol–water partition coefficient (Wildman–Crippen LogP) is 2.42. The zero-order valence-corrected chi connectivity index (χ0v) is 10.7. The molecule has 0 fully saturated rings. The highest BCUT2D eigenvalue weighted by atomic mass is 15.1. The third kappa shape index (κ3) is 2.94. The van der Waals surface area contributed by atoms with Gasteiger partial charge in [-0.15, -0.1) is 0 Å². The second-order valence-electron chi connectivity index (χ2n) is 4.65. The largest absolute Gasteiger partial charge is 0.329 e. The first-order valence-electron chi connectivity index (χ1n) is 5.89. The van der Waals surface area contributed by atoms with Gasteiger partial charge in [0.05, 0.1) is 18.2 Å². The Morgan fingerprint density at radius 3 is 2.82 bits per heavy atom. The predicted molar refractivity (Wildman–Crippen MR) is 71.0 cm³/mol. The van der Waals surface area contributed by atoms with Crippen molar-refractivity contribution in [1.29, 1.82) is 0 Å². The van der Waals surface area contributed by atoms with E-state index >= 15 is 0 Å². The molecule has 1 aromatic carbocycles. The van der Waals surface area contributed by atoms with E-state index in [1.165, 1.54) is 16.8 Å². The van der Waals surface area contributed by atoms with Crippen molar-refractivity contribution in [2.24, 2.45) is 0 Å². The van der Waals surface area contributed by atoms with Crippen molar-refractivity contribution < 1.29 is 0 Å². The van der Waals surface area contributed by atoms with Gasteiger partial charge in [-0.1, -0.05) is 23.8 Å². The lowest BCUT2D eigenvalue weighted by atomic mass is 10.1. The Kier molecular flexibility index (Phi) is 3.59. The van der Waals surface area contributed by atoms with Crippen molar-refractivity contribution in [3.05, 3.63) is 42.4 Å². The summed E-state index contributed by atoms with van der Waals surface area (Å²) in [6.45, 7) is 4.11. The minimum atomic E-state index is 0.969. The van der Waals surface area contributed by atoms with Crippen LogP contribution in [0.5, 0.6) is 0 Å². The number of benzene rings is 1. The number of aryl methyl sites for hydroxylation is 1. The monoisotopic (exact) mass is 229 g/mol. The van der Waals surface area contributed by atoms with Gasteiger partial charge in [-0.2, -0.15) is 0 Å². The van der Waals surface area contributed by atoms with E-state index in [4.69, 9.17) is 0 Å². The third-order valence-corrected chi connectivity index (χ3v) is 2.81. The number of hydrogen-bond donors (Lipinski definition) is 0. The Bertz CT molecular complexity index is 486. The standard InChI is InChI=1S/C14H19N3/c1-12-5-4-6-13(9-12)14-10-15-11-17(14)8-7-16(2)3/h4-6,9-11H,7-8H2,1-3H3. The highest BCUT2D eigenvalue weighted by Gasteiger charge is 2.05. The molecule has 0 aliphatic rings. The maximum absolute atomic E-state index is 4.25. The Balaban J connectivity index is 2.24. The summed E-state index contributed by atoms with van der Waals surface area (Å²) in [5, 5.41) is 0. The average Bonchev–Trinajstić information content (AvgIpc) is 2.74. The van der Waals surface area contributed by atoms with E-state index in [0.717, 1.165) is 13.1 Å². The lowest BCUT2D eigenvalue weighted by molar-refractivity contribution is 0.385. The molecule has 1 aromatic heterocycles. The highest BCUT2D eigenvalue weighted by Crippen LogP contribution is 2.19. The fraction of sp³-hybridized carbons (Fsp3) is 0.357. The summed E-state index contributed by atoms with van der Waals surface area (Å²) in [7, 11) is 4.17. The Labute approximate surface area is 103 Å². The maximum Gasteiger partial charge on any atom is 0.0951 e. The van der Waals surface area contributed by atoms with Gasteiger partial charge in [0.15, 0.2) is 0 Å². The van der Waals surface area contributed by atoms with Crippen LogP contribution in [0.3, 0.4) is 0 Å². The molecule has 0 saturated carbocycles. The van der Waals surface area contributed by atoms with E-state index in [2.05, 4.69) is 59.7 Å².